The number of hydrogen-bond acceptors (Lipinski definition) is 4. The molecule has 2 heterocycles. The van der Waals surface area contributed by atoms with Crippen molar-refractivity contribution in [1.82, 2.24) is 0 Å². The van der Waals surface area contributed by atoms with Crippen LogP contribution in [0.25, 0.3) is 0 Å². The van der Waals surface area contributed by atoms with E-state index in [2.05, 4.69) is 31.2 Å². The van der Waals surface area contributed by atoms with Gasteiger partial charge in [-0.25, -0.2) is 0 Å². The Morgan fingerprint density at radius 1 is 1.33 bits per heavy atom. The molecule has 3 rings (SSSR count). The molecule has 3 nitrogen and oxygen atoms in total. The van der Waals surface area contributed by atoms with E-state index in [1.165, 1.54) is 10.5 Å². The van der Waals surface area contributed by atoms with Crippen LogP contribution in [0.1, 0.15) is 24.8 Å². The minimum atomic E-state index is -0.0327. The molecule has 1 aromatic carbocycles. The molecule has 0 amide bonds. The van der Waals surface area contributed by atoms with Crippen molar-refractivity contribution in [2.45, 2.75) is 42.7 Å². The summed E-state index contributed by atoms with van der Waals surface area (Å²) < 4.78 is 11.5. The maximum Gasteiger partial charge on any atom is 0.0939 e. The van der Waals surface area contributed by atoms with Crippen LogP contribution in [-0.2, 0) is 9.47 Å². The zero-order chi connectivity index (χ0) is 14.7. The molecule has 2 N–H and O–H groups in total. The average Bonchev–Trinajstić information content (AvgIpc) is 2.94. The third-order valence-electron chi connectivity index (χ3n) is 4.67. The Bertz CT molecular complexity index is 456. The molecule has 116 valence electrons. The lowest BCUT2D eigenvalue weighted by molar-refractivity contribution is -0.100. The molecule has 1 spiro atoms. The van der Waals surface area contributed by atoms with Crippen molar-refractivity contribution in [3.63, 3.8) is 0 Å². The molecule has 3 atom stereocenters. The van der Waals surface area contributed by atoms with Gasteiger partial charge < -0.3 is 15.2 Å². The summed E-state index contributed by atoms with van der Waals surface area (Å²) in [5.74, 6) is 1.53. The van der Waals surface area contributed by atoms with Gasteiger partial charge in [0, 0.05) is 36.3 Å². The first-order valence-corrected chi connectivity index (χ1v) is 8.82. The van der Waals surface area contributed by atoms with E-state index in [1.807, 2.05) is 11.8 Å². The van der Waals surface area contributed by atoms with E-state index in [4.69, 9.17) is 15.2 Å². The Hall–Kier alpha value is -0.550. The van der Waals surface area contributed by atoms with Crippen LogP contribution in [0, 0.1) is 12.8 Å². The van der Waals surface area contributed by atoms with Crippen LogP contribution >= 0.6 is 11.8 Å². The summed E-state index contributed by atoms with van der Waals surface area (Å²) in [5.41, 5.74) is 7.73. The Morgan fingerprint density at radius 2 is 2.14 bits per heavy atom. The maximum atomic E-state index is 6.46. The van der Waals surface area contributed by atoms with Gasteiger partial charge in [-0.3, -0.25) is 0 Å². The van der Waals surface area contributed by atoms with E-state index in [9.17, 15) is 0 Å². The summed E-state index contributed by atoms with van der Waals surface area (Å²) in [6.07, 6.45) is 3.17. The van der Waals surface area contributed by atoms with Gasteiger partial charge in [-0.15, -0.1) is 11.8 Å². The lowest BCUT2D eigenvalue weighted by atomic mass is 9.82. The van der Waals surface area contributed by atoms with Crippen LogP contribution in [0.5, 0.6) is 0 Å². The van der Waals surface area contributed by atoms with Gasteiger partial charge in [-0.2, -0.15) is 0 Å². The second kappa shape index (κ2) is 6.69. The third-order valence-corrected chi connectivity index (χ3v) is 5.82. The molecule has 21 heavy (non-hydrogen) atoms. The molecule has 2 saturated heterocycles. The molecule has 4 heteroatoms. The lowest BCUT2D eigenvalue weighted by Gasteiger charge is -2.39. The Balaban J connectivity index is 1.52. The third kappa shape index (κ3) is 3.81. The van der Waals surface area contributed by atoms with Crippen molar-refractivity contribution < 1.29 is 9.47 Å². The zero-order valence-corrected chi connectivity index (χ0v) is 13.5. The van der Waals surface area contributed by atoms with Crippen LogP contribution in [0.2, 0.25) is 0 Å². The van der Waals surface area contributed by atoms with Crippen molar-refractivity contribution in [2.75, 3.05) is 25.6 Å². The van der Waals surface area contributed by atoms with E-state index in [1.54, 1.807) is 0 Å². The number of rotatable bonds is 4. The molecular formula is C17H25NO2S. The topological polar surface area (TPSA) is 44.5 Å². The lowest BCUT2D eigenvalue weighted by Crippen LogP contribution is -2.46. The molecule has 1 aromatic rings. The molecule has 0 saturated carbocycles. The van der Waals surface area contributed by atoms with E-state index in [0.717, 1.165) is 44.8 Å². The summed E-state index contributed by atoms with van der Waals surface area (Å²) >= 11 is 1.86. The first kappa shape index (κ1) is 15.3. The van der Waals surface area contributed by atoms with Gasteiger partial charge in [0.15, 0.2) is 0 Å². The molecule has 2 fully saturated rings. The fourth-order valence-corrected chi connectivity index (χ4v) is 4.24. The van der Waals surface area contributed by atoms with Gasteiger partial charge in [-0.1, -0.05) is 17.7 Å². The summed E-state index contributed by atoms with van der Waals surface area (Å²) in [4.78, 5) is 1.31. The van der Waals surface area contributed by atoms with Crippen molar-refractivity contribution >= 4 is 11.8 Å². The highest BCUT2D eigenvalue weighted by molar-refractivity contribution is 7.99. The van der Waals surface area contributed by atoms with E-state index >= 15 is 0 Å². The highest BCUT2D eigenvalue weighted by atomic mass is 32.2. The number of benzene rings is 1. The number of aryl methyl sites for hydroxylation is 1. The largest absolute Gasteiger partial charge is 0.378 e. The highest BCUT2D eigenvalue weighted by Gasteiger charge is 2.42. The second-order valence-electron chi connectivity index (χ2n) is 6.37. The average molecular weight is 307 g/mol. The van der Waals surface area contributed by atoms with Crippen LogP contribution in [0.15, 0.2) is 29.2 Å². The molecule has 0 aromatic heterocycles. The molecule has 2 aliphatic heterocycles. The SMILES string of the molecule is Cc1ccc(SCC(N)C2CCOC3(CCOC3)C2)cc1. The number of hydrogen-bond donors (Lipinski definition) is 1. The number of thioether (sulfide) groups is 1. The molecule has 3 unspecified atom stereocenters. The summed E-state index contributed by atoms with van der Waals surface area (Å²) in [5, 5.41) is 0. The minimum Gasteiger partial charge on any atom is -0.378 e. The minimum absolute atomic E-state index is 0.0327. The predicted octanol–water partition coefficient (Wildman–Crippen LogP) is 3.00. The Kier molecular flexibility index (Phi) is 4.89. The van der Waals surface area contributed by atoms with Gasteiger partial charge in [0.1, 0.15) is 0 Å². The van der Waals surface area contributed by atoms with E-state index in [0.29, 0.717) is 5.92 Å². The van der Waals surface area contributed by atoms with Crippen molar-refractivity contribution in [1.29, 1.82) is 0 Å². The molecule has 0 radical (unpaired) electrons. The van der Waals surface area contributed by atoms with E-state index < -0.39 is 0 Å². The van der Waals surface area contributed by atoms with Gasteiger partial charge in [0.05, 0.1) is 12.2 Å². The summed E-state index contributed by atoms with van der Waals surface area (Å²) in [6.45, 7) is 4.53. The standard InChI is InChI=1S/C17H25NO2S/c1-13-2-4-15(5-3-13)21-11-16(18)14-6-8-20-17(10-14)7-9-19-12-17/h2-5,14,16H,6-12,18H2,1H3. The maximum absolute atomic E-state index is 6.46. The van der Waals surface area contributed by atoms with E-state index in [-0.39, 0.29) is 11.6 Å². The second-order valence-corrected chi connectivity index (χ2v) is 7.47. The highest BCUT2D eigenvalue weighted by Crippen LogP contribution is 2.37. The van der Waals surface area contributed by atoms with Crippen molar-refractivity contribution in [3.05, 3.63) is 29.8 Å². The smallest absolute Gasteiger partial charge is 0.0939 e. The monoisotopic (exact) mass is 307 g/mol. The summed E-state index contributed by atoms with van der Waals surface area (Å²) in [7, 11) is 0. The first-order valence-electron chi connectivity index (χ1n) is 7.84. The Morgan fingerprint density at radius 3 is 2.86 bits per heavy atom. The fourth-order valence-electron chi connectivity index (χ4n) is 3.26. The van der Waals surface area contributed by atoms with Gasteiger partial charge in [0.2, 0.25) is 0 Å². The normalized spacial score (nSPS) is 30.7. The van der Waals surface area contributed by atoms with Crippen LogP contribution < -0.4 is 5.73 Å². The fraction of sp³-hybridized carbons (Fsp3) is 0.647. The number of ether oxygens (including phenoxy) is 2. The predicted molar refractivity (Wildman–Crippen MR) is 86.7 cm³/mol. The van der Waals surface area contributed by atoms with Crippen LogP contribution in [0.3, 0.4) is 0 Å². The molecule has 0 bridgehead atoms. The van der Waals surface area contributed by atoms with Crippen molar-refractivity contribution in [3.8, 4) is 0 Å². The van der Waals surface area contributed by atoms with Gasteiger partial charge in [0.25, 0.3) is 0 Å². The van der Waals surface area contributed by atoms with Crippen LogP contribution in [0.4, 0.5) is 0 Å². The molecule has 0 aliphatic carbocycles. The Labute approximate surface area is 131 Å². The van der Waals surface area contributed by atoms with Gasteiger partial charge >= 0.3 is 0 Å². The zero-order valence-electron chi connectivity index (χ0n) is 12.7. The van der Waals surface area contributed by atoms with Crippen molar-refractivity contribution in [2.24, 2.45) is 11.7 Å². The molecule has 2 aliphatic rings. The van der Waals surface area contributed by atoms with Crippen LogP contribution in [-0.4, -0.2) is 37.2 Å². The van der Waals surface area contributed by atoms with Gasteiger partial charge in [-0.05, 0) is 37.8 Å². The summed E-state index contributed by atoms with van der Waals surface area (Å²) in [6, 6.07) is 8.92. The quantitative estimate of drug-likeness (QED) is 0.869. The first-order chi connectivity index (χ1) is 10.2. The molecular weight excluding hydrogens is 282 g/mol. The number of nitrogens with two attached hydrogens (primary N) is 1.